The highest BCUT2D eigenvalue weighted by atomic mass is 32.2. The normalized spacial score (nSPS) is 16.8. The molecule has 0 bridgehead atoms. The SMILES string of the molecule is N=C1C(=Cc2ccc(-c3cccc(C(=O)O)c3)o2)C(=O)N=C2SC(c3ccccc3)=NN12. The van der Waals surface area contributed by atoms with Gasteiger partial charge in [0.15, 0.2) is 5.84 Å². The number of rotatable bonds is 4. The molecule has 3 heterocycles. The number of benzene rings is 2. The number of carboxylic acid groups (broad SMARTS) is 1. The maximum Gasteiger partial charge on any atom is 0.335 e. The third-order valence-corrected chi connectivity index (χ3v) is 5.74. The molecule has 32 heavy (non-hydrogen) atoms. The Morgan fingerprint density at radius 1 is 1.06 bits per heavy atom. The fraction of sp³-hybridized carbons (Fsp3) is 0. The van der Waals surface area contributed by atoms with E-state index in [1.807, 2.05) is 30.3 Å². The van der Waals surface area contributed by atoms with Gasteiger partial charge in [-0.25, -0.2) is 4.79 Å². The lowest BCUT2D eigenvalue weighted by molar-refractivity contribution is -0.114. The van der Waals surface area contributed by atoms with Gasteiger partial charge in [-0.05, 0) is 42.1 Å². The Hall–Kier alpha value is -4.24. The van der Waals surface area contributed by atoms with Gasteiger partial charge in [-0.2, -0.15) is 15.1 Å². The summed E-state index contributed by atoms with van der Waals surface area (Å²) in [5.41, 5.74) is 1.66. The highest BCUT2D eigenvalue weighted by Gasteiger charge is 2.36. The van der Waals surface area contributed by atoms with Gasteiger partial charge in [0.1, 0.15) is 16.6 Å². The van der Waals surface area contributed by atoms with Gasteiger partial charge in [0.2, 0.25) is 5.17 Å². The number of carboxylic acids is 1. The quantitative estimate of drug-likeness (QED) is 0.581. The number of amides is 1. The van der Waals surface area contributed by atoms with Crippen LogP contribution in [0.4, 0.5) is 0 Å². The second kappa shape index (κ2) is 7.78. The van der Waals surface area contributed by atoms with Crippen LogP contribution in [0.1, 0.15) is 21.7 Å². The lowest BCUT2D eigenvalue weighted by Gasteiger charge is -2.19. The van der Waals surface area contributed by atoms with E-state index >= 15 is 0 Å². The maximum absolute atomic E-state index is 12.6. The van der Waals surface area contributed by atoms with Crippen molar-refractivity contribution in [2.75, 3.05) is 0 Å². The van der Waals surface area contributed by atoms with Crippen molar-refractivity contribution in [2.45, 2.75) is 0 Å². The predicted octanol–water partition coefficient (Wildman–Crippen LogP) is 4.31. The van der Waals surface area contributed by atoms with Gasteiger partial charge in [0.05, 0.1) is 11.1 Å². The van der Waals surface area contributed by atoms with Crippen LogP contribution in [0.25, 0.3) is 17.4 Å². The maximum atomic E-state index is 12.6. The topological polar surface area (TPSA) is 119 Å². The van der Waals surface area contributed by atoms with Crippen LogP contribution in [-0.2, 0) is 4.79 Å². The third kappa shape index (κ3) is 3.54. The molecular weight excluding hydrogens is 428 g/mol. The monoisotopic (exact) mass is 442 g/mol. The van der Waals surface area contributed by atoms with E-state index < -0.39 is 11.9 Å². The Morgan fingerprint density at radius 2 is 1.84 bits per heavy atom. The average Bonchev–Trinajstić information content (AvgIpc) is 3.45. The Labute approximate surface area is 186 Å². The second-order valence-corrected chi connectivity index (χ2v) is 7.84. The van der Waals surface area contributed by atoms with E-state index in [4.69, 9.17) is 9.83 Å². The molecule has 0 spiro atoms. The first-order valence-electron chi connectivity index (χ1n) is 9.49. The third-order valence-electron chi connectivity index (χ3n) is 4.78. The number of nitrogens with zero attached hydrogens (tertiary/aromatic N) is 3. The van der Waals surface area contributed by atoms with E-state index in [-0.39, 0.29) is 17.0 Å². The zero-order valence-electron chi connectivity index (χ0n) is 16.4. The molecule has 0 aliphatic carbocycles. The molecule has 5 rings (SSSR count). The van der Waals surface area contributed by atoms with Crippen molar-refractivity contribution >= 4 is 45.8 Å². The minimum absolute atomic E-state index is 0.0487. The molecule has 0 saturated heterocycles. The molecule has 0 fully saturated rings. The van der Waals surface area contributed by atoms with E-state index in [9.17, 15) is 14.7 Å². The number of fused-ring (bicyclic) bond motifs is 1. The zero-order chi connectivity index (χ0) is 22.2. The van der Waals surface area contributed by atoms with Crippen LogP contribution < -0.4 is 0 Å². The van der Waals surface area contributed by atoms with Crippen molar-refractivity contribution in [3.8, 4) is 11.3 Å². The molecule has 2 aliphatic heterocycles. The molecule has 9 heteroatoms. The summed E-state index contributed by atoms with van der Waals surface area (Å²) in [6, 6.07) is 19.2. The minimum Gasteiger partial charge on any atom is -0.478 e. The first kappa shape index (κ1) is 19.7. The summed E-state index contributed by atoms with van der Waals surface area (Å²) in [7, 11) is 0. The van der Waals surface area contributed by atoms with Gasteiger partial charge < -0.3 is 9.52 Å². The lowest BCUT2D eigenvalue weighted by Crippen LogP contribution is -2.35. The number of amidine groups is 2. The van der Waals surface area contributed by atoms with E-state index in [1.54, 1.807) is 24.3 Å². The summed E-state index contributed by atoms with van der Waals surface area (Å²) in [4.78, 5) is 27.9. The molecule has 1 amide bonds. The summed E-state index contributed by atoms with van der Waals surface area (Å²) in [6.07, 6.45) is 1.44. The van der Waals surface area contributed by atoms with Crippen LogP contribution in [-0.4, -0.2) is 38.0 Å². The summed E-state index contributed by atoms with van der Waals surface area (Å²) in [6.45, 7) is 0. The van der Waals surface area contributed by atoms with Crippen LogP contribution in [0.5, 0.6) is 0 Å². The van der Waals surface area contributed by atoms with Crippen LogP contribution in [0.15, 0.2) is 86.8 Å². The first-order chi connectivity index (χ1) is 15.5. The van der Waals surface area contributed by atoms with E-state index in [0.717, 1.165) is 5.56 Å². The molecule has 2 N–H and O–H groups in total. The van der Waals surface area contributed by atoms with Crippen molar-refractivity contribution in [1.82, 2.24) is 5.01 Å². The van der Waals surface area contributed by atoms with E-state index in [1.165, 1.54) is 35.0 Å². The Bertz CT molecular complexity index is 1370. The fourth-order valence-electron chi connectivity index (χ4n) is 3.22. The summed E-state index contributed by atoms with van der Waals surface area (Å²) >= 11 is 1.23. The first-order valence-corrected chi connectivity index (χ1v) is 10.3. The number of carbonyl (C=O) groups is 2. The van der Waals surface area contributed by atoms with Crippen LogP contribution in [0.3, 0.4) is 0 Å². The van der Waals surface area contributed by atoms with Crippen molar-refractivity contribution in [3.63, 3.8) is 0 Å². The Kier molecular flexibility index (Phi) is 4.79. The molecule has 3 aromatic rings. The molecule has 2 aromatic carbocycles. The highest BCUT2D eigenvalue weighted by Crippen LogP contribution is 2.31. The summed E-state index contributed by atoms with van der Waals surface area (Å²) in [5.74, 6) is -0.894. The number of carbonyl (C=O) groups excluding carboxylic acids is 1. The van der Waals surface area contributed by atoms with Crippen molar-refractivity contribution in [2.24, 2.45) is 10.1 Å². The van der Waals surface area contributed by atoms with Gasteiger partial charge in [-0.3, -0.25) is 10.2 Å². The average molecular weight is 442 g/mol. The largest absolute Gasteiger partial charge is 0.478 e. The molecule has 0 unspecified atom stereocenters. The van der Waals surface area contributed by atoms with Crippen LogP contribution in [0.2, 0.25) is 0 Å². The van der Waals surface area contributed by atoms with Crippen molar-refractivity contribution in [3.05, 3.63) is 89.2 Å². The smallest absolute Gasteiger partial charge is 0.335 e. The van der Waals surface area contributed by atoms with Gasteiger partial charge in [-0.15, -0.1) is 0 Å². The minimum atomic E-state index is -1.03. The Morgan fingerprint density at radius 3 is 2.62 bits per heavy atom. The molecule has 0 atom stereocenters. The number of furan rings is 1. The van der Waals surface area contributed by atoms with Gasteiger partial charge in [-0.1, -0.05) is 42.5 Å². The molecule has 2 aliphatic rings. The standard InChI is InChI=1S/C23H14N4O4S/c24-19-17(12-16-9-10-18(31-16)14-7-4-8-15(11-14)22(29)30)20(28)25-23-27(19)26-21(32-23)13-5-2-1-3-6-13/h1-12,24H,(H,29,30). The van der Waals surface area contributed by atoms with Crippen LogP contribution in [0, 0.1) is 5.41 Å². The predicted molar refractivity (Wildman–Crippen MR) is 122 cm³/mol. The van der Waals surface area contributed by atoms with E-state index in [2.05, 4.69) is 10.1 Å². The number of thioether (sulfide) groups is 1. The van der Waals surface area contributed by atoms with Gasteiger partial charge >= 0.3 is 5.97 Å². The fourth-order valence-corrected chi connectivity index (χ4v) is 4.12. The molecule has 0 radical (unpaired) electrons. The van der Waals surface area contributed by atoms with Gasteiger partial charge in [0.25, 0.3) is 5.91 Å². The highest BCUT2D eigenvalue weighted by molar-refractivity contribution is 8.27. The number of hydrogen-bond donors (Lipinski definition) is 2. The number of nitrogens with one attached hydrogen (secondary N) is 1. The van der Waals surface area contributed by atoms with Gasteiger partial charge in [0, 0.05) is 11.1 Å². The number of aromatic carboxylic acids is 1. The van der Waals surface area contributed by atoms with Crippen molar-refractivity contribution in [1.29, 1.82) is 5.41 Å². The zero-order valence-corrected chi connectivity index (χ0v) is 17.2. The lowest BCUT2D eigenvalue weighted by atomic mass is 10.1. The Balaban J connectivity index is 1.44. The summed E-state index contributed by atoms with van der Waals surface area (Å²) < 4.78 is 5.78. The number of hydrazone groups is 1. The molecule has 156 valence electrons. The van der Waals surface area contributed by atoms with E-state index in [0.29, 0.717) is 27.3 Å². The number of hydrogen-bond acceptors (Lipinski definition) is 6. The number of aliphatic imine (C=N–C) groups is 1. The molecule has 8 nitrogen and oxygen atoms in total. The second-order valence-electron chi connectivity index (χ2n) is 6.88. The summed E-state index contributed by atoms with van der Waals surface area (Å²) in [5, 5.41) is 24.4. The van der Waals surface area contributed by atoms with Crippen LogP contribution >= 0.6 is 11.8 Å². The van der Waals surface area contributed by atoms with Crippen molar-refractivity contribution < 1.29 is 19.1 Å². The molecule has 0 saturated carbocycles. The molecule has 1 aromatic heterocycles. The molecular formula is C23H14N4O4S.